The molecule has 3 aromatic carbocycles. The lowest BCUT2D eigenvalue weighted by Crippen LogP contribution is -2.44. The summed E-state index contributed by atoms with van der Waals surface area (Å²) >= 11 is 1.46. The van der Waals surface area contributed by atoms with E-state index in [1.807, 2.05) is 96.8 Å². The van der Waals surface area contributed by atoms with Crippen molar-refractivity contribution in [2.75, 3.05) is 6.61 Å². The molecule has 0 aromatic heterocycles. The largest absolute Gasteiger partial charge is 0.490 e. The van der Waals surface area contributed by atoms with Crippen LogP contribution in [0.2, 0.25) is 0 Å². The van der Waals surface area contributed by atoms with Crippen molar-refractivity contribution < 1.29 is 14.3 Å². The Bertz CT molecular complexity index is 1310. The van der Waals surface area contributed by atoms with E-state index in [0.717, 1.165) is 41.2 Å². The van der Waals surface area contributed by atoms with Gasteiger partial charge >= 0.3 is 0 Å². The fourth-order valence-corrected chi connectivity index (χ4v) is 6.08. The van der Waals surface area contributed by atoms with Crippen LogP contribution in [-0.4, -0.2) is 28.6 Å². The lowest BCUT2D eigenvalue weighted by atomic mass is 9.85. The van der Waals surface area contributed by atoms with Crippen molar-refractivity contribution in [3.05, 3.63) is 94.9 Å². The quantitative estimate of drug-likeness (QED) is 0.281. The first-order chi connectivity index (χ1) is 18.6. The van der Waals surface area contributed by atoms with Crippen LogP contribution in [0.3, 0.4) is 0 Å². The van der Waals surface area contributed by atoms with E-state index in [4.69, 9.17) is 14.5 Å². The fourth-order valence-electron chi connectivity index (χ4n) is 5.04. The monoisotopic (exact) mass is 526 g/mol. The molecule has 5 nitrogen and oxygen atoms in total. The first-order valence-corrected chi connectivity index (χ1v) is 14.2. The predicted octanol–water partition coefficient (Wildman–Crippen LogP) is 7.85. The highest BCUT2D eigenvalue weighted by atomic mass is 32.2. The molecule has 196 valence electrons. The Morgan fingerprint density at radius 1 is 0.947 bits per heavy atom. The van der Waals surface area contributed by atoms with E-state index in [1.165, 1.54) is 18.2 Å². The molecular formula is C32H34N2O3S. The third-order valence-corrected chi connectivity index (χ3v) is 8.00. The van der Waals surface area contributed by atoms with Gasteiger partial charge in [0.1, 0.15) is 6.61 Å². The molecule has 38 heavy (non-hydrogen) atoms. The van der Waals surface area contributed by atoms with Gasteiger partial charge in [-0.3, -0.25) is 9.69 Å². The molecule has 3 aromatic rings. The van der Waals surface area contributed by atoms with Crippen LogP contribution in [0.25, 0.3) is 6.08 Å². The summed E-state index contributed by atoms with van der Waals surface area (Å²) < 4.78 is 12.0. The number of nitrogens with zero attached hydrogens (tertiary/aromatic N) is 2. The van der Waals surface area contributed by atoms with Gasteiger partial charge in [-0.05, 0) is 78.9 Å². The summed E-state index contributed by atoms with van der Waals surface area (Å²) in [5, 5.41) is 0.763. The minimum atomic E-state index is 0.0331. The van der Waals surface area contributed by atoms with Gasteiger partial charge in [-0.15, -0.1) is 0 Å². The maximum atomic E-state index is 13.8. The first-order valence-electron chi connectivity index (χ1n) is 13.4. The zero-order valence-electron chi connectivity index (χ0n) is 22.0. The number of benzene rings is 3. The van der Waals surface area contributed by atoms with Gasteiger partial charge in [-0.2, -0.15) is 0 Å². The summed E-state index contributed by atoms with van der Waals surface area (Å²) in [6.45, 7) is 5.20. The van der Waals surface area contributed by atoms with Gasteiger partial charge in [0.2, 0.25) is 0 Å². The van der Waals surface area contributed by atoms with Gasteiger partial charge in [0, 0.05) is 6.04 Å². The first kappa shape index (κ1) is 26.1. The van der Waals surface area contributed by atoms with Crippen molar-refractivity contribution in [2.45, 2.75) is 52.2 Å². The van der Waals surface area contributed by atoms with E-state index >= 15 is 0 Å². The third-order valence-electron chi connectivity index (χ3n) is 7.02. The number of amidine groups is 1. The van der Waals surface area contributed by atoms with Gasteiger partial charge < -0.3 is 9.47 Å². The van der Waals surface area contributed by atoms with Crippen LogP contribution >= 0.6 is 11.8 Å². The zero-order valence-corrected chi connectivity index (χ0v) is 22.8. The molecule has 0 unspecified atom stereocenters. The third kappa shape index (κ3) is 6.13. The maximum Gasteiger partial charge on any atom is 0.267 e. The van der Waals surface area contributed by atoms with Crippen molar-refractivity contribution in [3.8, 4) is 11.5 Å². The highest BCUT2D eigenvalue weighted by molar-refractivity contribution is 8.18. The second kappa shape index (κ2) is 12.4. The van der Waals surface area contributed by atoms with Crippen LogP contribution in [-0.2, 0) is 11.4 Å². The molecule has 1 aliphatic heterocycles. The lowest BCUT2D eigenvalue weighted by Gasteiger charge is -2.35. The van der Waals surface area contributed by atoms with Crippen LogP contribution < -0.4 is 9.47 Å². The van der Waals surface area contributed by atoms with Crippen molar-refractivity contribution in [2.24, 2.45) is 10.9 Å². The van der Waals surface area contributed by atoms with E-state index < -0.39 is 0 Å². The highest BCUT2D eigenvalue weighted by Gasteiger charge is 2.41. The van der Waals surface area contributed by atoms with Crippen LogP contribution in [0.5, 0.6) is 11.5 Å². The molecule has 1 heterocycles. The summed E-state index contributed by atoms with van der Waals surface area (Å²) in [6.07, 6.45) is 6.46. The number of thioether (sulfide) groups is 1. The minimum Gasteiger partial charge on any atom is -0.490 e. The predicted molar refractivity (Wildman–Crippen MR) is 156 cm³/mol. The molecule has 2 atom stereocenters. The van der Waals surface area contributed by atoms with Gasteiger partial charge in [-0.25, -0.2) is 4.99 Å². The number of ether oxygens (including phenoxy) is 2. The Morgan fingerprint density at radius 3 is 2.42 bits per heavy atom. The Balaban J connectivity index is 1.43. The SMILES string of the molecule is CCOc1cc(/C=C2\SC(=Nc3ccccc3)N([C@H]3CCCC[C@H]3C)C2=O)ccc1OCc1ccccc1. The summed E-state index contributed by atoms with van der Waals surface area (Å²) in [5.74, 6) is 1.83. The number of hydrogen-bond acceptors (Lipinski definition) is 5. The number of carbonyl (C=O) groups excluding carboxylic acids is 1. The van der Waals surface area contributed by atoms with Crippen molar-refractivity contribution in [1.82, 2.24) is 4.90 Å². The van der Waals surface area contributed by atoms with Gasteiger partial charge in [-0.1, -0.05) is 74.4 Å². The lowest BCUT2D eigenvalue weighted by molar-refractivity contribution is -0.124. The highest BCUT2D eigenvalue weighted by Crippen LogP contribution is 2.40. The summed E-state index contributed by atoms with van der Waals surface area (Å²) in [6, 6.07) is 26.0. The van der Waals surface area contributed by atoms with E-state index in [-0.39, 0.29) is 11.9 Å². The molecule has 1 aliphatic carbocycles. The molecule has 1 saturated heterocycles. The average Bonchev–Trinajstić information content (AvgIpc) is 3.23. The van der Waals surface area contributed by atoms with Crippen LogP contribution in [0, 0.1) is 5.92 Å². The van der Waals surface area contributed by atoms with E-state index in [1.54, 1.807) is 0 Å². The minimum absolute atomic E-state index is 0.0331. The number of carbonyl (C=O) groups is 1. The van der Waals surface area contributed by atoms with Crippen molar-refractivity contribution in [3.63, 3.8) is 0 Å². The van der Waals surface area contributed by atoms with E-state index in [0.29, 0.717) is 35.5 Å². The average molecular weight is 527 g/mol. The summed E-state index contributed by atoms with van der Waals surface area (Å²) in [5.41, 5.74) is 2.85. The van der Waals surface area contributed by atoms with Crippen LogP contribution in [0.4, 0.5) is 5.69 Å². The number of amides is 1. The topological polar surface area (TPSA) is 51.1 Å². The molecule has 6 heteroatoms. The molecule has 1 saturated carbocycles. The van der Waals surface area contributed by atoms with Crippen LogP contribution in [0.15, 0.2) is 88.8 Å². The van der Waals surface area contributed by atoms with Crippen LogP contribution in [0.1, 0.15) is 50.7 Å². The zero-order chi connectivity index (χ0) is 26.3. The molecule has 0 spiro atoms. The normalized spacial score (nSPS) is 21.7. The van der Waals surface area contributed by atoms with Gasteiger partial charge in [0.15, 0.2) is 16.7 Å². The van der Waals surface area contributed by atoms with E-state index in [9.17, 15) is 4.79 Å². The number of para-hydroxylation sites is 1. The number of hydrogen-bond donors (Lipinski definition) is 0. The Labute approximate surface area is 229 Å². The smallest absolute Gasteiger partial charge is 0.267 e. The van der Waals surface area contributed by atoms with Gasteiger partial charge in [0.25, 0.3) is 5.91 Å². The second-order valence-electron chi connectivity index (χ2n) is 9.76. The summed E-state index contributed by atoms with van der Waals surface area (Å²) in [4.78, 5) is 21.3. The second-order valence-corrected chi connectivity index (χ2v) is 10.8. The summed E-state index contributed by atoms with van der Waals surface area (Å²) in [7, 11) is 0. The molecule has 0 bridgehead atoms. The fraction of sp³-hybridized carbons (Fsp3) is 0.312. The Kier molecular flexibility index (Phi) is 8.49. The molecule has 0 N–H and O–H groups in total. The van der Waals surface area contributed by atoms with E-state index in [2.05, 4.69) is 6.92 Å². The molecule has 2 aliphatic rings. The molecular weight excluding hydrogens is 492 g/mol. The standard InChI is InChI=1S/C32H34N2O3S/c1-3-36-29-20-25(18-19-28(29)37-22-24-13-6-4-7-14-24)21-30-31(35)34(27-17-11-10-12-23(27)2)32(38-30)33-26-15-8-5-9-16-26/h4-9,13-16,18-21,23,27H,3,10-12,17,22H2,1-2H3/b30-21-,33-32?/t23-,27+/m1/s1. The van der Waals surface area contributed by atoms with Gasteiger partial charge in [0.05, 0.1) is 17.2 Å². The molecule has 0 radical (unpaired) electrons. The Morgan fingerprint density at radius 2 is 1.68 bits per heavy atom. The maximum absolute atomic E-state index is 13.8. The molecule has 5 rings (SSSR count). The number of aliphatic imine (C=N–C) groups is 1. The molecule has 2 fully saturated rings. The number of rotatable bonds is 8. The van der Waals surface area contributed by atoms with Crippen molar-refractivity contribution in [1.29, 1.82) is 0 Å². The molecule has 1 amide bonds. The van der Waals surface area contributed by atoms with Crippen molar-refractivity contribution >= 4 is 34.6 Å². The Hall–Kier alpha value is -3.51.